The molecule has 0 heterocycles. The summed E-state index contributed by atoms with van der Waals surface area (Å²) >= 11 is 3.24. The molecule has 0 aromatic heterocycles. The Morgan fingerprint density at radius 1 is 1.22 bits per heavy atom. The van der Waals surface area contributed by atoms with Crippen LogP contribution in [0.5, 0.6) is 0 Å². The molecule has 0 aliphatic rings. The van der Waals surface area contributed by atoms with Crippen molar-refractivity contribution in [3.63, 3.8) is 0 Å². The molecule has 1 aromatic rings. The number of rotatable bonds is 1. The summed E-state index contributed by atoms with van der Waals surface area (Å²) < 4.78 is 0.974. The molecule has 2 nitrogen and oxygen atoms in total. The molecule has 1 N–H and O–H groups in total. The first-order chi connectivity index (χ1) is 4.33. The minimum absolute atomic E-state index is 0.582. The number of anilines is 1. The number of hydrogen-bond acceptors (Lipinski definition) is 1. The Kier molecular flexibility index (Phi) is 2.08. The van der Waals surface area contributed by atoms with Gasteiger partial charge >= 0.3 is 0 Å². The summed E-state index contributed by atoms with van der Waals surface area (Å²) in [5, 5.41) is 9.98. The predicted molar refractivity (Wildman–Crippen MR) is 38.5 cm³/mol. The Bertz CT molecular complexity index is 185. The second-order valence-electron chi connectivity index (χ2n) is 1.61. The summed E-state index contributed by atoms with van der Waals surface area (Å²) in [4.78, 5) is 0. The van der Waals surface area contributed by atoms with E-state index in [0.29, 0.717) is 5.69 Å². The smallest absolute Gasteiger partial charge is 0.0636 e. The fraction of sp³-hybridized carbons (Fsp3) is 0. The van der Waals surface area contributed by atoms with E-state index < -0.39 is 0 Å². The van der Waals surface area contributed by atoms with Crippen molar-refractivity contribution in [1.29, 1.82) is 0 Å². The largest absolute Gasteiger partial charge is 0.233 e. The molecule has 0 fully saturated rings. The quantitative estimate of drug-likeness (QED) is 0.671. The molecule has 1 rings (SSSR count). The second kappa shape index (κ2) is 2.85. The van der Waals surface area contributed by atoms with Crippen LogP contribution in [0.1, 0.15) is 0 Å². The summed E-state index contributed by atoms with van der Waals surface area (Å²) in [7, 11) is 0. The van der Waals surface area contributed by atoms with Gasteiger partial charge in [-0.3, -0.25) is 0 Å². The Morgan fingerprint density at radius 2 is 1.78 bits per heavy atom. The monoisotopic (exact) mass is 186 g/mol. The highest BCUT2D eigenvalue weighted by Crippen LogP contribution is 2.12. The zero-order valence-corrected chi connectivity index (χ0v) is 6.18. The van der Waals surface area contributed by atoms with Crippen LogP contribution in [0.4, 0.5) is 5.69 Å². The van der Waals surface area contributed by atoms with E-state index in [1.54, 1.807) is 29.7 Å². The normalized spacial score (nSPS) is 9.11. The predicted octanol–water partition coefficient (Wildman–Crippen LogP) is 2.21. The molecule has 0 bridgehead atoms. The lowest BCUT2D eigenvalue weighted by Crippen LogP contribution is -1.83. The van der Waals surface area contributed by atoms with Crippen molar-refractivity contribution in [2.24, 2.45) is 0 Å². The van der Waals surface area contributed by atoms with E-state index in [0.717, 1.165) is 4.47 Å². The summed E-state index contributed by atoms with van der Waals surface area (Å²) in [6, 6.07) is 7.02. The summed E-state index contributed by atoms with van der Waals surface area (Å²) in [5.41, 5.74) is 2.37. The molecule has 0 saturated heterocycles. The van der Waals surface area contributed by atoms with Crippen LogP contribution in [0.25, 0.3) is 0 Å². The molecule has 1 aromatic carbocycles. The van der Waals surface area contributed by atoms with Crippen molar-refractivity contribution in [3.05, 3.63) is 28.7 Å². The molecule has 0 saturated carbocycles. The highest BCUT2D eigenvalue weighted by Gasteiger charge is 1.86. The van der Waals surface area contributed by atoms with E-state index in [1.165, 1.54) is 0 Å². The van der Waals surface area contributed by atoms with Gasteiger partial charge in [0.2, 0.25) is 0 Å². The number of benzene rings is 1. The lowest BCUT2D eigenvalue weighted by Gasteiger charge is -1.93. The molecule has 0 amide bonds. The molecule has 3 heteroatoms. The van der Waals surface area contributed by atoms with E-state index in [4.69, 9.17) is 0 Å². The van der Waals surface area contributed by atoms with E-state index in [1.807, 2.05) is 0 Å². The molecule has 0 aliphatic carbocycles. The van der Waals surface area contributed by atoms with E-state index >= 15 is 0 Å². The van der Waals surface area contributed by atoms with Gasteiger partial charge in [0, 0.05) is 4.47 Å². The van der Waals surface area contributed by atoms with Crippen molar-refractivity contribution < 1.29 is 5.21 Å². The molecule has 0 aliphatic heterocycles. The van der Waals surface area contributed by atoms with Crippen LogP contribution < -0.4 is 5.48 Å². The zero-order chi connectivity index (χ0) is 6.69. The Balaban J connectivity index is 2.88. The van der Waals surface area contributed by atoms with Crippen molar-refractivity contribution >= 4 is 21.6 Å². The van der Waals surface area contributed by atoms with E-state index in [9.17, 15) is 5.21 Å². The van der Waals surface area contributed by atoms with Gasteiger partial charge in [-0.2, -0.15) is 0 Å². The lowest BCUT2D eigenvalue weighted by atomic mass is 10.3. The molecule has 1 radical (unpaired) electrons. The summed E-state index contributed by atoms with van der Waals surface area (Å²) in [6.07, 6.45) is 0. The van der Waals surface area contributed by atoms with Gasteiger partial charge in [-0.25, -0.2) is 5.48 Å². The van der Waals surface area contributed by atoms with E-state index in [2.05, 4.69) is 15.9 Å². The molecule has 9 heavy (non-hydrogen) atoms. The van der Waals surface area contributed by atoms with Gasteiger partial charge in [-0.1, -0.05) is 21.1 Å². The Morgan fingerprint density at radius 3 is 2.22 bits per heavy atom. The number of halogens is 1. The SMILES string of the molecule is [O]Nc1ccc(Br)cc1. The first-order valence-electron chi connectivity index (χ1n) is 2.46. The van der Waals surface area contributed by atoms with Gasteiger partial charge < -0.3 is 0 Å². The van der Waals surface area contributed by atoms with Crippen LogP contribution in [-0.2, 0) is 5.21 Å². The van der Waals surface area contributed by atoms with Gasteiger partial charge in [0.15, 0.2) is 0 Å². The maximum Gasteiger partial charge on any atom is 0.0636 e. The van der Waals surface area contributed by atoms with Gasteiger partial charge in [-0.15, -0.1) is 0 Å². The van der Waals surface area contributed by atoms with Crippen LogP contribution in [-0.4, -0.2) is 0 Å². The first-order valence-corrected chi connectivity index (χ1v) is 3.26. The molecule has 0 atom stereocenters. The zero-order valence-electron chi connectivity index (χ0n) is 4.60. The van der Waals surface area contributed by atoms with Crippen molar-refractivity contribution in [2.75, 3.05) is 5.48 Å². The molecule has 0 spiro atoms. The Hall–Kier alpha value is -0.540. The van der Waals surface area contributed by atoms with Gasteiger partial charge in [0.1, 0.15) is 0 Å². The van der Waals surface area contributed by atoms with Crippen molar-refractivity contribution in [3.8, 4) is 0 Å². The van der Waals surface area contributed by atoms with Gasteiger partial charge in [-0.05, 0) is 24.3 Å². The number of hydrogen-bond donors (Lipinski definition) is 1. The number of nitrogens with one attached hydrogen (secondary N) is 1. The van der Waals surface area contributed by atoms with Gasteiger partial charge in [0.25, 0.3) is 0 Å². The van der Waals surface area contributed by atoms with Crippen LogP contribution in [0, 0.1) is 0 Å². The van der Waals surface area contributed by atoms with Gasteiger partial charge in [0.05, 0.1) is 5.69 Å². The van der Waals surface area contributed by atoms with Crippen LogP contribution in [0.2, 0.25) is 0 Å². The van der Waals surface area contributed by atoms with E-state index in [-0.39, 0.29) is 0 Å². The topological polar surface area (TPSA) is 31.9 Å². The van der Waals surface area contributed by atoms with Crippen LogP contribution in [0.3, 0.4) is 0 Å². The highest BCUT2D eigenvalue weighted by atomic mass is 79.9. The molecule has 47 valence electrons. The maximum atomic E-state index is 9.98. The lowest BCUT2D eigenvalue weighted by molar-refractivity contribution is 0.274. The maximum absolute atomic E-state index is 9.98. The minimum Gasteiger partial charge on any atom is -0.233 e. The summed E-state index contributed by atoms with van der Waals surface area (Å²) in [6.45, 7) is 0. The van der Waals surface area contributed by atoms with Crippen LogP contribution in [0.15, 0.2) is 28.7 Å². The molecular weight excluding hydrogens is 182 g/mol. The molecule has 0 unspecified atom stereocenters. The average molecular weight is 187 g/mol. The standard InChI is InChI=1S/C6H5BrNO/c7-5-1-3-6(8-9)4-2-5/h1-4,8H. The first kappa shape index (κ1) is 6.58. The van der Waals surface area contributed by atoms with Crippen LogP contribution >= 0.6 is 15.9 Å². The third-order valence-corrected chi connectivity index (χ3v) is 1.49. The summed E-state index contributed by atoms with van der Waals surface area (Å²) in [5.74, 6) is 0. The Labute approximate surface area is 61.6 Å². The highest BCUT2D eigenvalue weighted by molar-refractivity contribution is 9.10. The second-order valence-corrected chi connectivity index (χ2v) is 2.52. The van der Waals surface area contributed by atoms with Crippen molar-refractivity contribution in [1.82, 2.24) is 0 Å². The molecular formula is C6H5BrNO. The fourth-order valence-corrected chi connectivity index (χ4v) is 0.782. The van der Waals surface area contributed by atoms with Crippen molar-refractivity contribution in [2.45, 2.75) is 0 Å². The third-order valence-electron chi connectivity index (χ3n) is 0.962. The average Bonchev–Trinajstić information content (AvgIpc) is 1.90. The minimum atomic E-state index is 0.582. The third kappa shape index (κ3) is 1.69. The fourth-order valence-electron chi connectivity index (χ4n) is 0.518.